The summed E-state index contributed by atoms with van der Waals surface area (Å²) in [6.45, 7) is 9.78. The molecule has 0 bridgehead atoms. The third-order valence-electron chi connectivity index (χ3n) is 6.93. The van der Waals surface area contributed by atoms with Crippen LogP contribution in [0, 0.1) is 13.8 Å². The number of benzene rings is 2. The zero-order valence-corrected chi connectivity index (χ0v) is 21.4. The van der Waals surface area contributed by atoms with Gasteiger partial charge in [-0.1, -0.05) is 29.8 Å². The monoisotopic (exact) mass is 499 g/mol. The SMILES string of the molecule is Cc1ccc(-c2cc3ncn(-c4ccc5c(c4)nc(C)n5CCCN4CCOCC4)c(=O)c3s2)cc1. The molecule has 7 nitrogen and oxygen atoms in total. The number of morpholine rings is 1. The van der Waals surface area contributed by atoms with Gasteiger partial charge in [-0.05, 0) is 50.1 Å². The first-order valence-corrected chi connectivity index (χ1v) is 13.2. The Morgan fingerprint density at radius 1 is 0.972 bits per heavy atom. The fourth-order valence-corrected chi connectivity index (χ4v) is 5.95. The van der Waals surface area contributed by atoms with E-state index in [1.165, 1.54) is 16.9 Å². The summed E-state index contributed by atoms with van der Waals surface area (Å²) in [6.07, 6.45) is 2.69. The first kappa shape index (κ1) is 23.1. The minimum absolute atomic E-state index is 0.0515. The average molecular weight is 500 g/mol. The van der Waals surface area contributed by atoms with Crippen LogP contribution in [0.1, 0.15) is 17.8 Å². The number of rotatable bonds is 6. The van der Waals surface area contributed by atoms with Gasteiger partial charge in [-0.2, -0.15) is 0 Å². The summed E-state index contributed by atoms with van der Waals surface area (Å²) in [5.41, 5.74) is 5.77. The van der Waals surface area contributed by atoms with Gasteiger partial charge in [0.1, 0.15) is 16.9 Å². The van der Waals surface area contributed by atoms with Crippen LogP contribution in [0.25, 0.3) is 37.4 Å². The van der Waals surface area contributed by atoms with Gasteiger partial charge in [0.05, 0.1) is 35.5 Å². The Morgan fingerprint density at radius 3 is 2.58 bits per heavy atom. The highest BCUT2D eigenvalue weighted by atomic mass is 32.1. The summed E-state index contributed by atoms with van der Waals surface area (Å²) >= 11 is 1.50. The van der Waals surface area contributed by atoms with Gasteiger partial charge in [0, 0.05) is 31.1 Å². The number of imidazole rings is 1. The topological polar surface area (TPSA) is 65.2 Å². The average Bonchev–Trinajstić information content (AvgIpc) is 3.46. The van der Waals surface area contributed by atoms with E-state index in [0.717, 1.165) is 84.3 Å². The molecule has 0 amide bonds. The predicted octanol–water partition coefficient (Wildman–Crippen LogP) is 4.80. The van der Waals surface area contributed by atoms with Crippen LogP contribution in [0.5, 0.6) is 0 Å². The van der Waals surface area contributed by atoms with Gasteiger partial charge in [0.15, 0.2) is 0 Å². The van der Waals surface area contributed by atoms with Crippen molar-refractivity contribution < 1.29 is 4.74 Å². The summed E-state index contributed by atoms with van der Waals surface area (Å²) in [4.78, 5) is 26.3. The molecular formula is C28H29N5O2S. The molecular weight excluding hydrogens is 470 g/mol. The fraction of sp³-hybridized carbons (Fsp3) is 0.321. The summed E-state index contributed by atoms with van der Waals surface area (Å²) in [5.74, 6) is 0.992. The highest BCUT2D eigenvalue weighted by Gasteiger charge is 2.15. The molecule has 1 aliphatic heterocycles. The number of hydrogen-bond acceptors (Lipinski definition) is 6. The lowest BCUT2D eigenvalue weighted by atomic mass is 10.1. The Bertz CT molecular complexity index is 1590. The molecule has 2 aromatic carbocycles. The summed E-state index contributed by atoms with van der Waals surface area (Å²) in [6, 6.07) is 16.4. The van der Waals surface area contributed by atoms with Crippen LogP contribution >= 0.6 is 11.3 Å². The summed E-state index contributed by atoms with van der Waals surface area (Å²) < 4.78 is 10.0. The maximum absolute atomic E-state index is 13.4. The number of fused-ring (bicyclic) bond motifs is 2. The largest absolute Gasteiger partial charge is 0.379 e. The molecule has 6 rings (SSSR count). The van der Waals surface area contributed by atoms with Crippen molar-refractivity contribution in [3.05, 3.63) is 76.6 Å². The van der Waals surface area contributed by atoms with Crippen molar-refractivity contribution in [3.63, 3.8) is 0 Å². The molecule has 1 aliphatic rings. The second kappa shape index (κ2) is 9.61. The second-order valence-corrected chi connectivity index (χ2v) is 10.5. The molecule has 1 fully saturated rings. The van der Waals surface area contributed by atoms with Gasteiger partial charge in [-0.15, -0.1) is 11.3 Å². The molecule has 0 unspecified atom stereocenters. The maximum atomic E-state index is 13.4. The normalized spacial score (nSPS) is 14.7. The van der Waals surface area contributed by atoms with Crippen LogP contribution in [0.3, 0.4) is 0 Å². The quantitative estimate of drug-likeness (QED) is 0.336. The van der Waals surface area contributed by atoms with E-state index in [2.05, 4.69) is 51.7 Å². The first-order valence-electron chi connectivity index (χ1n) is 12.4. The number of aromatic nitrogens is 4. The molecule has 36 heavy (non-hydrogen) atoms. The van der Waals surface area contributed by atoms with E-state index in [-0.39, 0.29) is 5.56 Å². The molecule has 0 radical (unpaired) electrons. The lowest BCUT2D eigenvalue weighted by Crippen LogP contribution is -2.37. The van der Waals surface area contributed by atoms with Crippen molar-refractivity contribution in [1.29, 1.82) is 0 Å². The minimum atomic E-state index is -0.0515. The zero-order chi connectivity index (χ0) is 24.6. The van der Waals surface area contributed by atoms with Crippen LogP contribution in [0.2, 0.25) is 0 Å². The highest BCUT2D eigenvalue weighted by molar-refractivity contribution is 7.22. The Labute approximate surface area is 213 Å². The van der Waals surface area contributed by atoms with Crippen LogP contribution in [-0.2, 0) is 11.3 Å². The number of nitrogens with zero attached hydrogens (tertiary/aromatic N) is 5. The molecule has 8 heteroatoms. The van der Waals surface area contributed by atoms with E-state index in [0.29, 0.717) is 4.70 Å². The Morgan fingerprint density at radius 2 is 1.78 bits per heavy atom. The summed E-state index contributed by atoms with van der Waals surface area (Å²) in [5, 5.41) is 0. The lowest BCUT2D eigenvalue weighted by Gasteiger charge is -2.26. The van der Waals surface area contributed by atoms with Gasteiger partial charge in [-0.25, -0.2) is 9.97 Å². The molecule has 4 heterocycles. The number of aryl methyl sites for hydroxylation is 3. The van der Waals surface area contributed by atoms with Gasteiger partial charge in [0.25, 0.3) is 5.56 Å². The summed E-state index contributed by atoms with van der Waals surface area (Å²) in [7, 11) is 0. The molecule has 0 atom stereocenters. The lowest BCUT2D eigenvalue weighted by molar-refractivity contribution is 0.0369. The molecule has 5 aromatic rings. The number of thiophene rings is 1. The number of hydrogen-bond donors (Lipinski definition) is 0. The molecule has 0 saturated carbocycles. The Kier molecular flexibility index (Phi) is 6.17. The standard InChI is InChI=1S/C28H29N5O2S/c1-19-4-6-21(7-5-19)26-17-24-27(36-26)28(34)33(18-29-24)22-8-9-25-23(16-22)30-20(2)32(25)11-3-10-31-12-14-35-15-13-31/h4-9,16-18H,3,10-15H2,1-2H3. The molecule has 3 aromatic heterocycles. The van der Waals surface area contributed by atoms with E-state index >= 15 is 0 Å². The van der Waals surface area contributed by atoms with Crippen LogP contribution in [-0.4, -0.2) is 56.9 Å². The molecule has 184 valence electrons. The predicted molar refractivity (Wildman–Crippen MR) is 145 cm³/mol. The minimum Gasteiger partial charge on any atom is -0.379 e. The van der Waals surface area contributed by atoms with Crippen molar-refractivity contribution >= 4 is 32.6 Å². The molecule has 0 aliphatic carbocycles. The van der Waals surface area contributed by atoms with E-state index in [9.17, 15) is 4.79 Å². The highest BCUT2D eigenvalue weighted by Crippen LogP contribution is 2.31. The van der Waals surface area contributed by atoms with E-state index in [1.54, 1.807) is 10.9 Å². The van der Waals surface area contributed by atoms with Crippen molar-refractivity contribution in [2.75, 3.05) is 32.8 Å². The smallest absolute Gasteiger partial charge is 0.275 e. The van der Waals surface area contributed by atoms with Crippen molar-refractivity contribution in [1.82, 2.24) is 24.0 Å². The van der Waals surface area contributed by atoms with Gasteiger partial charge in [0.2, 0.25) is 0 Å². The van der Waals surface area contributed by atoms with Gasteiger partial charge < -0.3 is 9.30 Å². The van der Waals surface area contributed by atoms with Crippen molar-refractivity contribution in [3.8, 4) is 16.1 Å². The van der Waals surface area contributed by atoms with E-state index in [4.69, 9.17) is 9.72 Å². The third-order valence-corrected chi connectivity index (χ3v) is 8.10. The second-order valence-electron chi connectivity index (χ2n) is 9.40. The Balaban J connectivity index is 1.28. The van der Waals surface area contributed by atoms with E-state index < -0.39 is 0 Å². The van der Waals surface area contributed by atoms with Gasteiger partial charge >= 0.3 is 0 Å². The third kappa shape index (κ3) is 4.36. The molecule has 1 saturated heterocycles. The number of ether oxygens (including phenoxy) is 1. The van der Waals surface area contributed by atoms with Crippen molar-refractivity contribution in [2.24, 2.45) is 0 Å². The zero-order valence-electron chi connectivity index (χ0n) is 20.6. The van der Waals surface area contributed by atoms with Crippen LogP contribution in [0.15, 0.2) is 59.7 Å². The Hall–Kier alpha value is -3.33. The van der Waals surface area contributed by atoms with E-state index in [1.807, 2.05) is 25.1 Å². The van der Waals surface area contributed by atoms with Gasteiger partial charge in [-0.3, -0.25) is 14.3 Å². The maximum Gasteiger partial charge on any atom is 0.275 e. The van der Waals surface area contributed by atoms with Crippen molar-refractivity contribution in [2.45, 2.75) is 26.8 Å². The first-order chi connectivity index (χ1) is 17.6. The molecule has 0 spiro atoms. The van der Waals surface area contributed by atoms with Crippen LogP contribution < -0.4 is 5.56 Å². The van der Waals surface area contributed by atoms with Crippen LogP contribution in [0.4, 0.5) is 0 Å². The molecule has 0 N–H and O–H groups in total. The fourth-order valence-electron chi connectivity index (χ4n) is 4.90.